The van der Waals surface area contributed by atoms with Crippen molar-refractivity contribution in [2.45, 2.75) is 369 Å². The van der Waals surface area contributed by atoms with Crippen molar-refractivity contribution in [2.75, 3.05) is 39.6 Å². The molecule has 0 spiro atoms. The molecule has 0 bridgehead atoms. The third kappa shape index (κ3) is 63.5. The molecule has 3 N–H and O–H groups in total. The summed E-state index contributed by atoms with van der Waals surface area (Å²) in [6.45, 7) is 14.1. The minimum atomic E-state index is -4.95. The van der Waals surface area contributed by atoms with Gasteiger partial charge in [-0.15, -0.1) is 0 Å². The predicted molar refractivity (Wildman–Crippen MR) is 363 cm³/mol. The second kappa shape index (κ2) is 60.7. The van der Waals surface area contributed by atoms with Crippen molar-refractivity contribution in [1.29, 1.82) is 0 Å². The number of phosphoric ester groups is 2. The highest BCUT2D eigenvalue weighted by Crippen LogP contribution is 2.45. The van der Waals surface area contributed by atoms with E-state index in [0.717, 1.165) is 114 Å². The highest BCUT2D eigenvalue weighted by Gasteiger charge is 2.30. The lowest BCUT2D eigenvalue weighted by molar-refractivity contribution is -0.161. The normalized spacial score (nSPS) is 14.6. The van der Waals surface area contributed by atoms with Crippen LogP contribution in [-0.4, -0.2) is 96.7 Å². The summed E-state index contributed by atoms with van der Waals surface area (Å²) in [5, 5.41) is 10.6. The molecule has 0 saturated heterocycles. The summed E-state index contributed by atoms with van der Waals surface area (Å²) in [7, 11) is -9.90. The monoisotopic (exact) mass is 1320 g/mol. The number of rotatable bonds is 68. The number of hydrogen-bond donors (Lipinski definition) is 3. The second-order valence-electron chi connectivity index (χ2n) is 27.3. The Bertz CT molecular complexity index is 1780. The molecule has 6 atom stereocenters. The molecule has 0 aromatic heterocycles. The number of unbranched alkanes of at least 4 members (excludes halogenated alkanes) is 33. The molecule has 0 saturated carbocycles. The van der Waals surface area contributed by atoms with Gasteiger partial charge in [0.05, 0.1) is 26.4 Å². The zero-order valence-corrected chi connectivity index (χ0v) is 60.6. The molecule has 0 heterocycles. The second-order valence-corrected chi connectivity index (χ2v) is 30.2. The van der Waals surface area contributed by atoms with Gasteiger partial charge in [0.25, 0.3) is 0 Å². The van der Waals surface area contributed by atoms with Gasteiger partial charge in [0.2, 0.25) is 0 Å². The van der Waals surface area contributed by atoms with E-state index < -0.39 is 97.5 Å². The molecule has 0 rings (SSSR count). The Hall–Kier alpha value is -1.94. The molecule has 19 heteroatoms. The molecule has 534 valence electrons. The lowest BCUT2D eigenvalue weighted by Crippen LogP contribution is -2.30. The van der Waals surface area contributed by atoms with E-state index in [1.165, 1.54) is 148 Å². The zero-order chi connectivity index (χ0) is 66.8. The standard InChI is InChI=1S/C71H138O17P2/c1-9-64(8)50-42-34-26-20-21-29-38-46-54-71(76)88-67(58-82-69(74)52-44-36-30-22-25-33-41-49-63(6)7)60-86-90(79,80)84-56-65(72)55-83-89(77,78)85-59-66(87-70(75)53-45-37-28-19-15-14-17-24-32-40-48-62(4)5)57-81-68(73)51-43-35-27-18-13-11-10-12-16-23-31-39-47-61(2)3/h61-67,72H,9-60H2,1-8H3,(H,77,78)(H,79,80)/t64?,65?,66-,67-/m1/s1. The van der Waals surface area contributed by atoms with E-state index in [0.29, 0.717) is 31.6 Å². The van der Waals surface area contributed by atoms with Crippen molar-refractivity contribution >= 4 is 39.5 Å². The number of hydrogen-bond acceptors (Lipinski definition) is 15. The Kier molecular flexibility index (Phi) is 59.4. The molecule has 0 aliphatic carbocycles. The first-order chi connectivity index (χ1) is 43.1. The summed E-state index contributed by atoms with van der Waals surface area (Å²) in [4.78, 5) is 72.6. The van der Waals surface area contributed by atoms with E-state index in [9.17, 15) is 43.2 Å². The number of phosphoric acid groups is 2. The molecular formula is C71H138O17P2. The van der Waals surface area contributed by atoms with E-state index >= 15 is 0 Å². The third-order valence-electron chi connectivity index (χ3n) is 16.7. The number of esters is 4. The Morgan fingerprint density at radius 3 is 0.789 bits per heavy atom. The maximum absolute atomic E-state index is 13.0. The Morgan fingerprint density at radius 2 is 0.533 bits per heavy atom. The Balaban J connectivity index is 5.26. The van der Waals surface area contributed by atoms with Crippen molar-refractivity contribution < 1.29 is 80.2 Å². The molecular weight excluding hydrogens is 1190 g/mol. The van der Waals surface area contributed by atoms with Gasteiger partial charge >= 0.3 is 39.5 Å². The molecule has 90 heavy (non-hydrogen) atoms. The number of ether oxygens (including phenoxy) is 4. The van der Waals surface area contributed by atoms with Gasteiger partial charge in [0, 0.05) is 25.7 Å². The van der Waals surface area contributed by atoms with E-state index in [1.54, 1.807) is 0 Å². The van der Waals surface area contributed by atoms with Crippen LogP contribution in [0, 0.1) is 23.7 Å². The number of aliphatic hydroxyl groups is 1. The summed E-state index contributed by atoms with van der Waals surface area (Å²) in [6.07, 6.45) is 43.0. The van der Waals surface area contributed by atoms with Gasteiger partial charge in [-0.1, -0.05) is 299 Å². The molecule has 0 aromatic rings. The molecule has 17 nitrogen and oxygen atoms in total. The van der Waals surface area contributed by atoms with Gasteiger partial charge in [-0.05, 0) is 49.4 Å². The van der Waals surface area contributed by atoms with Gasteiger partial charge in [0.15, 0.2) is 12.2 Å². The number of carbonyl (C=O) groups is 4. The van der Waals surface area contributed by atoms with Crippen LogP contribution in [0.25, 0.3) is 0 Å². The average molecular weight is 1330 g/mol. The van der Waals surface area contributed by atoms with Crippen molar-refractivity contribution in [3.05, 3.63) is 0 Å². The minimum Gasteiger partial charge on any atom is -0.462 e. The quantitative estimate of drug-likeness (QED) is 0.0222. The molecule has 0 aliphatic heterocycles. The van der Waals surface area contributed by atoms with Crippen LogP contribution in [0.5, 0.6) is 0 Å². The summed E-state index contributed by atoms with van der Waals surface area (Å²) < 4.78 is 68.3. The molecule has 0 aromatic carbocycles. The maximum atomic E-state index is 13.0. The molecule has 0 aliphatic rings. The van der Waals surface area contributed by atoms with E-state index in [1.807, 2.05) is 0 Å². The third-order valence-corrected chi connectivity index (χ3v) is 18.6. The highest BCUT2D eigenvalue weighted by molar-refractivity contribution is 7.47. The zero-order valence-electron chi connectivity index (χ0n) is 58.8. The largest absolute Gasteiger partial charge is 0.472 e. The van der Waals surface area contributed by atoms with Gasteiger partial charge in [-0.2, -0.15) is 0 Å². The van der Waals surface area contributed by atoms with Crippen LogP contribution >= 0.6 is 15.6 Å². The predicted octanol–water partition coefficient (Wildman–Crippen LogP) is 20.1. The van der Waals surface area contributed by atoms with Crippen LogP contribution in [0.2, 0.25) is 0 Å². The number of carbonyl (C=O) groups excluding carboxylic acids is 4. The topological polar surface area (TPSA) is 237 Å². The number of aliphatic hydroxyl groups excluding tert-OH is 1. The fourth-order valence-corrected chi connectivity index (χ4v) is 12.2. The first kappa shape index (κ1) is 88.1. The van der Waals surface area contributed by atoms with E-state index in [-0.39, 0.29) is 25.7 Å². The first-order valence-electron chi connectivity index (χ1n) is 36.7. The van der Waals surface area contributed by atoms with Gasteiger partial charge in [-0.25, -0.2) is 9.13 Å². The van der Waals surface area contributed by atoms with Gasteiger partial charge < -0.3 is 33.8 Å². The first-order valence-corrected chi connectivity index (χ1v) is 39.7. The van der Waals surface area contributed by atoms with Crippen LogP contribution in [0.15, 0.2) is 0 Å². The lowest BCUT2D eigenvalue weighted by atomic mass is 9.99. The summed E-state index contributed by atoms with van der Waals surface area (Å²) >= 11 is 0. The lowest BCUT2D eigenvalue weighted by Gasteiger charge is -2.21. The van der Waals surface area contributed by atoms with Crippen molar-refractivity contribution in [3.8, 4) is 0 Å². The van der Waals surface area contributed by atoms with Crippen LogP contribution in [-0.2, 0) is 65.4 Å². The average Bonchev–Trinajstić information content (AvgIpc) is 2.88. The molecule has 0 amide bonds. The molecule has 0 radical (unpaired) electrons. The summed E-state index contributed by atoms with van der Waals surface area (Å²) in [6, 6.07) is 0. The maximum Gasteiger partial charge on any atom is 0.472 e. The fraction of sp³-hybridized carbons (Fsp3) is 0.944. The van der Waals surface area contributed by atoms with Crippen molar-refractivity contribution in [1.82, 2.24) is 0 Å². The molecule has 4 unspecified atom stereocenters. The van der Waals surface area contributed by atoms with Crippen LogP contribution < -0.4 is 0 Å². The minimum absolute atomic E-state index is 0.104. The van der Waals surface area contributed by atoms with E-state index in [4.69, 9.17) is 37.0 Å². The summed E-state index contributed by atoms with van der Waals surface area (Å²) in [5.74, 6) is 0.879. The van der Waals surface area contributed by atoms with Gasteiger partial charge in [-0.3, -0.25) is 37.3 Å². The van der Waals surface area contributed by atoms with Crippen LogP contribution in [0.1, 0.15) is 351 Å². The van der Waals surface area contributed by atoms with E-state index in [2.05, 4.69) is 55.4 Å². The van der Waals surface area contributed by atoms with Gasteiger partial charge in [0.1, 0.15) is 19.3 Å². The molecule has 0 fully saturated rings. The fourth-order valence-electron chi connectivity index (χ4n) is 10.6. The smallest absolute Gasteiger partial charge is 0.462 e. The Morgan fingerprint density at radius 1 is 0.311 bits per heavy atom. The van der Waals surface area contributed by atoms with Crippen molar-refractivity contribution in [2.24, 2.45) is 23.7 Å². The SMILES string of the molecule is CCC(C)CCCCCCCCCCC(=O)O[C@H](COC(=O)CCCCCCCCCC(C)C)COP(=O)(O)OCC(O)COP(=O)(O)OC[C@@H](COC(=O)CCCCCCCCCCCCCCC(C)C)OC(=O)CCCCCCCCCCCCC(C)C. The Labute approximate surface area is 549 Å². The van der Waals surface area contributed by atoms with Crippen LogP contribution in [0.4, 0.5) is 0 Å². The summed E-state index contributed by atoms with van der Waals surface area (Å²) in [5.41, 5.74) is 0. The van der Waals surface area contributed by atoms with Crippen molar-refractivity contribution in [3.63, 3.8) is 0 Å². The van der Waals surface area contributed by atoms with Crippen LogP contribution in [0.3, 0.4) is 0 Å². The highest BCUT2D eigenvalue weighted by atomic mass is 31.2.